The second-order valence-electron chi connectivity index (χ2n) is 5.88. The molecule has 0 atom stereocenters. The zero-order chi connectivity index (χ0) is 18.4. The number of aryl methyl sites for hydroxylation is 1. The van der Waals surface area contributed by atoms with Crippen LogP contribution in [-0.2, 0) is 27.8 Å². The number of hydrogen-bond acceptors (Lipinski definition) is 4. The molecule has 0 radical (unpaired) electrons. The van der Waals surface area contributed by atoms with Gasteiger partial charge in [0.15, 0.2) is 0 Å². The van der Waals surface area contributed by atoms with Crippen molar-refractivity contribution in [3.05, 3.63) is 30.1 Å². The monoisotopic (exact) mass is 366 g/mol. The number of amides is 1. The number of carbonyl (C=O) groups is 1. The summed E-state index contributed by atoms with van der Waals surface area (Å²) in [5.41, 5.74) is 1.84. The lowest BCUT2D eigenvalue weighted by Gasteiger charge is -2.16. The van der Waals surface area contributed by atoms with Crippen LogP contribution in [0.4, 0.5) is 0 Å². The zero-order valence-electron chi connectivity index (χ0n) is 15.0. The van der Waals surface area contributed by atoms with Gasteiger partial charge in [0.25, 0.3) is 0 Å². The second kappa shape index (κ2) is 8.44. The number of hydrogen-bond donors (Lipinski definition) is 1. The summed E-state index contributed by atoms with van der Waals surface area (Å²) in [4.78, 5) is 16.8. The molecule has 1 heterocycles. The molecule has 25 heavy (non-hydrogen) atoms. The molecule has 0 saturated heterocycles. The van der Waals surface area contributed by atoms with E-state index >= 15 is 0 Å². The highest BCUT2D eigenvalue weighted by atomic mass is 32.2. The van der Waals surface area contributed by atoms with E-state index in [1.165, 1.54) is 4.31 Å². The van der Waals surface area contributed by atoms with Crippen molar-refractivity contribution in [3.63, 3.8) is 0 Å². The number of benzene rings is 1. The minimum absolute atomic E-state index is 0.0867. The number of aromatic nitrogens is 2. The van der Waals surface area contributed by atoms with Crippen LogP contribution in [0.5, 0.6) is 0 Å². The van der Waals surface area contributed by atoms with Gasteiger partial charge in [0.2, 0.25) is 15.9 Å². The maximum Gasteiger partial charge on any atom is 0.240 e. The Hall–Kier alpha value is -1.93. The van der Waals surface area contributed by atoms with Gasteiger partial charge in [-0.05, 0) is 25.5 Å². The number of carbonyl (C=O) groups excluding carboxylic acids is 1. The number of rotatable bonds is 9. The number of imidazole rings is 1. The van der Waals surface area contributed by atoms with Crippen molar-refractivity contribution in [1.29, 1.82) is 0 Å². The van der Waals surface area contributed by atoms with Crippen molar-refractivity contribution >= 4 is 27.0 Å². The summed E-state index contributed by atoms with van der Waals surface area (Å²) in [6, 6.07) is 7.76. The minimum atomic E-state index is -3.17. The van der Waals surface area contributed by atoms with Gasteiger partial charge in [-0.2, -0.15) is 0 Å². The molecule has 1 aromatic carbocycles. The molecule has 0 aliphatic carbocycles. The highest BCUT2D eigenvalue weighted by Crippen LogP contribution is 2.16. The number of fused-ring (bicyclic) bond motifs is 1. The fourth-order valence-corrected chi connectivity index (χ4v) is 3.51. The highest BCUT2D eigenvalue weighted by molar-refractivity contribution is 7.89. The van der Waals surface area contributed by atoms with Gasteiger partial charge < -0.3 is 9.88 Å². The van der Waals surface area contributed by atoms with E-state index in [0.29, 0.717) is 19.5 Å². The van der Waals surface area contributed by atoms with E-state index in [1.807, 2.05) is 35.8 Å². The Morgan fingerprint density at radius 1 is 1.28 bits per heavy atom. The maximum absolute atomic E-state index is 12.2. The van der Waals surface area contributed by atoms with Crippen LogP contribution in [0.25, 0.3) is 11.0 Å². The third-order valence-electron chi connectivity index (χ3n) is 4.16. The summed E-state index contributed by atoms with van der Waals surface area (Å²) < 4.78 is 26.6. The average Bonchev–Trinajstić information content (AvgIpc) is 2.96. The topological polar surface area (TPSA) is 84.3 Å². The molecule has 0 saturated carbocycles. The summed E-state index contributed by atoms with van der Waals surface area (Å²) in [5.74, 6) is 0.868. The van der Waals surface area contributed by atoms with Gasteiger partial charge in [-0.25, -0.2) is 17.7 Å². The van der Waals surface area contributed by atoms with Gasteiger partial charge in [0.05, 0.1) is 16.8 Å². The Labute approximate surface area is 149 Å². The van der Waals surface area contributed by atoms with Gasteiger partial charge in [0, 0.05) is 26.6 Å². The maximum atomic E-state index is 12.2. The molecule has 0 aliphatic heterocycles. The predicted octanol–water partition coefficient (Wildman–Crippen LogP) is 1.39. The first-order valence-electron chi connectivity index (χ1n) is 8.54. The normalized spacial score (nSPS) is 12.0. The molecule has 1 N–H and O–H groups in total. The van der Waals surface area contributed by atoms with Crippen LogP contribution >= 0.6 is 0 Å². The summed E-state index contributed by atoms with van der Waals surface area (Å²) in [6.45, 7) is 4.68. The van der Waals surface area contributed by atoms with Crippen LogP contribution in [0.3, 0.4) is 0 Å². The summed E-state index contributed by atoms with van der Waals surface area (Å²) in [7, 11) is -1.60. The molecule has 8 heteroatoms. The van der Waals surface area contributed by atoms with Crippen LogP contribution in [-0.4, -0.2) is 54.1 Å². The van der Waals surface area contributed by atoms with Crippen molar-refractivity contribution in [2.75, 3.05) is 25.9 Å². The summed E-state index contributed by atoms with van der Waals surface area (Å²) in [6.07, 6.45) is 1.33. The smallest absolute Gasteiger partial charge is 0.240 e. The summed E-state index contributed by atoms with van der Waals surface area (Å²) in [5, 5.41) is 2.85. The number of nitrogens with zero attached hydrogens (tertiary/aromatic N) is 3. The van der Waals surface area contributed by atoms with Gasteiger partial charge in [0.1, 0.15) is 12.4 Å². The Balaban J connectivity index is 1.89. The lowest BCUT2D eigenvalue weighted by molar-refractivity contribution is -0.121. The van der Waals surface area contributed by atoms with Gasteiger partial charge in [-0.15, -0.1) is 0 Å². The van der Waals surface area contributed by atoms with E-state index < -0.39 is 10.0 Å². The lowest BCUT2D eigenvalue weighted by atomic mass is 10.3. The van der Waals surface area contributed by atoms with E-state index in [2.05, 4.69) is 10.3 Å². The number of sulfonamides is 1. The zero-order valence-corrected chi connectivity index (χ0v) is 15.8. The van der Waals surface area contributed by atoms with E-state index in [4.69, 9.17) is 0 Å². The van der Waals surface area contributed by atoms with E-state index in [9.17, 15) is 13.2 Å². The van der Waals surface area contributed by atoms with Gasteiger partial charge in [-0.3, -0.25) is 4.79 Å². The summed E-state index contributed by atoms with van der Waals surface area (Å²) >= 11 is 0. The Morgan fingerprint density at radius 2 is 2.00 bits per heavy atom. The molecular weight excluding hydrogens is 340 g/mol. The van der Waals surface area contributed by atoms with Crippen molar-refractivity contribution in [2.24, 2.45) is 0 Å². The van der Waals surface area contributed by atoms with Crippen molar-refractivity contribution in [2.45, 2.75) is 33.2 Å². The quantitative estimate of drug-likeness (QED) is 0.680. The molecular formula is C17H26N4O3S. The van der Waals surface area contributed by atoms with Crippen molar-refractivity contribution < 1.29 is 13.2 Å². The van der Waals surface area contributed by atoms with E-state index in [0.717, 1.165) is 23.3 Å². The average molecular weight is 366 g/mol. The first-order chi connectivity index (χ1) is 11.9. The van der Waals surface area contributed by atoms with Crippen molar-refractivity contribution in [3.8, 4) is 0 Å². The SMILES string of the molecule is CCc1nc2ccccc2n1CC(=O)NCCCN(C)S(=O)(=O)CC. The molecule has 7 nitrogen and oxygen atoms in total. The minimum Gasteiger partial charge on any atom is -0.355 e. The van der Waals surface area contributed by atoms with Crippen molar-refractivity contribution in [1.82, 2.24) is 19.2 Å². The van der Waals surface area contributed by atoms with Gasteiger partial charge in [-0.1, -0.05) is 19.1 Å². The fraction of sp³-hybridized carbons (Fsp3) is 0.529. The Kier molecular flexibility index (Phi) is 6.55. The highest BCUT2D eigenvalue weighted by Gasteiger charge is 2.15. The Morgan fingerprint density at radius 3 is 2.68 bits per heavy atom. The lowest BCUT2D eigenvalue weighted by Crippen LogP contribution is -2.33. The van der Waals surface area contributed by atoms with Crippen LogP contribution < -0.4 is 5.32 Å². The molecule has 2 rings (SSSR count). The van der Waals surface area contributed by atoms with E-state index in [1.54, 1.807) is 14.0 Å². The molecule has 0 unspecified atom stereocenters. The molecule has 0 fully saturated rings. The van der Waals surface area contributed by atoms with Crippen LogP contribution in [0.1, 0.15) is 26.1 Å². The van der Waals surface area contributed by atoms with Crippen LogP contribution in [0.15, 0.2) is 24.3 Å². The van der Waals surface area contributed by atoms with Gasteiger partial charge >= 0.3 is 0 Å². The van der Waals surface area contributed by atoms with Crippen LogP contribution in [0.2, 0.25) is 0 Å². The molecule has 0 spiro atoms. The molecule has 2 aromatic rings. The number of nitrogens with one attached hydrogen (secondary N) is 1. The fourth-order valence-electron chi connectivity index (χ4n) is 2.66. The first-order valence-corrected chi connectivity index (χ1v) is 10.1. The van der Waals surface area contributed by atoms with Crippen LogP contribution in [0, 0.1) is 0 Å². The largest absolute Gasteiger partial charge is 0.355 e. The first kappa shape index (κ1) is 19.4. The molecule has 138 valence electrons. The number of para-hydroxylation sites is 2. The standard InChI is InChI=1S/C17H26N4O3S/c1-4-16-19-14-9-6-7-10-15(14)21(16)13-17(22)18-11-8-12-20(3)25(23,24)5-2/h6-7,9-10H,4-5,8,11-13H2,1-3H3,(H,18,22). The molecule has 1 amide bonds. The molecule has 0 aliphatic rings. The van der Waals surface area contributed by atoms with E-state index in [-0.39, 0.29) is 18.2 Å². The molecule has 0 bridgehead atoms. The Bertz CT molecular complexity index is 830. The predicted molar refractivity (Wildman–Crippen MR) is 98.8 cm³/mol. The second-order valence-corrected chi connectivity index (χ2v) is 8.25. The molecule has 1 aromatic heterocycles. The third-order valence-corrected chi connectivity index (χ3v) is 6.03. The third kappa shape index (κ3) is 4.79.